The van der Waals surface area contributed by atoms with Crippen LogP contribution < -0.4 is 14.8 Å². The van der Waals surface area contributed by atoms with E-state index >= 15 is 0 Å². The molecule has 0 aliphatic heterocycles. The molecule has 1 N–H and O–H groups in total. The number of benzene rings is 2. The lowest BCUT2D eigenvalue weighted by molar-refractivity contribution is -0.145. The van der Waals surface area contributed by atoms with E-state index in [0.29, 0.717) is 17.2 Å². The zero-order valence-electron chi connectivity index (χ0n) is 15.8. The Hall–Kier alpha value is -3.06. The molecule has 0 saturated carbocycles. The molecule has 2 aromatic carbocycles. The van der Waals surface area contributed by atoms with Crippen LogP contribution in [-0.4, -0.2) is 24.7 Å². The van der Waals surface area contributed by atoms with E-state index in [1.165, 1.54) is 16.9 Å². The summed E-state index contributed by atoms with van der Waals surface area (Å²) in [5.74, 6) is 0.895. The third-order valence-electron chi connectivity index (χ3n) is 3.87. The van der Waals surface area contributed by atoms with Crippen LogP contribution in [-0.2, 0) is 16.1 Å². The van der Waals surface area contributed by atoms with Crippen LogP contribution >= 0.6 is 11.3 Å². The molecular weight excluding hydrogens is 376 g/mol. The van der Waals surface area contributed by atoms with E-state index in [9.17, 15) is 4.79 Å². The molecule has 1 aromatic heterocycles. The minimum atomic E-state index is -0.337. The van der Waals surface area contributed by atoms with E-state index in [1.54, 1.807) is 19.2 Å². The second-order valence-electron chi connectivity index (χ2n) is 6.05. The zero-order chi connectivity index (χ0) is 19.8. The van der Waals surface area contributed by atoms with Gasteiger partial charge in [-0.2, -0.15) is 0 Å². The number of aryl methyl sites for hydroxylation is 1. The highest BCUT2D eigenvalue weighted by Gasteiger charge is 2.09. The van der Waals surface area contributed by atoms with Crippen molar-refractivity contribution in [2.45, 2.75) is 20.0 Å². The maximum absolute atomic E-state index is 11.9. The molecule has 0 fully saturated rings. The van der Waals surface area contributed by atoms with Gasteiger partial charge in [-0.25, -0.2) is 4.98 Å². The van der Waals surface area contributed by atoms with Gasteiger partial charge in [0.05, 0.1) is 25.8 Å². The summed E-state index contributed by atoms with van der Waals surface area (Å²) in [5.41, 5.74) is 2.88. The summed E-state index contributed by atoms with van der Waals surface area (Å²) in [6, 6.07) is 15.4. The van der Waals surface area contributed by atoms with Crippen molar-refractivity contribution in [3.8, 4) is 11.5 Å². The SMILES string of the molecule is COc1ccccc1OCCC(=O)OCc1csc(Nc2ccc(C)cc2)n1. The monoisotopic (exact) mass is 398 g/mol. The molecule has 0 spiro atoms. The number of carbonyl (C=O) groups excluding carboxylic acids is 1. The highest BCUT2D eigenvalue weighted by molar-refractivity contribution is 7.13. The number of anilines is 2. The fraction of sp³-hybridized carbons (Fsp3) is 0.238. The minimum absolute atomic E-state index is 0.138. The van der Waals surface area contributed by atoms with Gasteiger partial charge in [0.25, 0.3) is 0 Å². The van der Waals surface area contributed by atoms with Gasteiger partial charge in [0.15, 0.2) is 16.6 Å². The molecule has 0 atom stereocenters. The lowest BCUT2D eigenvalue weighted by atomic mass is 10.2. The topological polar surface area (TPSA) is 69.7 Å². The molecule has 7 heteroatoms. The summed E-state index contributed by atoms with van der Waals surface area (Å²) in [5, 5.41) is 5.87. The van der Waals surface area contributed by atoms with Gasteiger partial charge >= 0.3 is 5.97 Å². The lowest BCUT2D eigenvalue weighted by Gasteiger charge is -2.09. The van der Waals surface area contributed by atoms with Crippen LogP contribution in [0.5, 0.6) is 11.5 Å². The van der Waals surface area contributed by atoms with Crippen LogP contribution in [0.25, 0.3) is 0 Å². The molecule has 0 radical (unpaired) electrons. The van der Waals surface area contributed by atoms with Crippen LogP contribution in [0.15, 0.2) is 53.9 Å². The highest BCUT2D eigenvalue weighted by Crippen LogP contribution is 2.26. The van der Waals surface area contributed by atoms with E-state index in [0.717, 1.165) is 10.8 Å². The van der Waals surface area contributed by atoms with Crippen molar-refractivity contribution in [3.63, 3.8) is 0 Å². The van der Waals surface area contributed by atoms with Gasteiger partial charge in [0.2, 0.25) is 0 Å². The van der Waals surface area contributed by atoms with Crippen molar-refractivity contribution >= 4 is 28.1 Å². The van der Waals surface area contributed by atoms with Crippen LogP contribution in [0.1, 0.15) is 17.7 Å². The second kappa shape index (κ2) is 9.75. The maximum atomic E-state index is 11.9. The van der Waals surface area contributed by atoms with Gasteiger partial charge in [-0.15, -0.1) is 11.3 Å². The summed E-state index contributed by atoms with van der Waals surface area (Å²) in [6.45, 7) is 2.40. The highest BCUT2D eigenvalue weighted by atomic mass is 32.1. The van der Waals surface area contributed by atoms with Crippen LogP contribution in [0.2, 0.25) is 0 Å². The fourth-order valence-electron chi connectivity index (χ4n) is 2.40. The summed E-state index contributed by atoms with van der Waals surface area (Å²) >= 11 is 1.47. The molecule has 6 nitrogen and oxygen atoms in total. The average molecular weight is 398 g/mol. The third kappa shape index (κ3) is 5.72. The van der Waals surface area contributed by atoms with Crippen LogP contribution in [0.4, 0.5) is 10.8 Å². The van der Waals surface area contributed by atoms with Crippen molar-refractivity contribution in [2.75, 3.05) is 19.0 Å². The number of ether oxygens (including phenoxy) is 3. The number of carbonyl (C=O) groups is 1. The summed E-state index contributed by atoms with van der Waals surface area (Å²) in [4.78, 5) is 16.4. The smallest absolute Gasteiger partial charge is 0.309 e. The number of nitrogens with one attached hydrogen (secondary N) is 1. The van der Waals surface area contributed by atoms with E-state index in [4.69, 9.17) is 14.2 Å². The molecule has 28 heavy (non-hydrogen) atoms. The Morgan fingerprint density at radius 2 is 1.86 bits per heavy atom. The molecule has 0 bridgehead atoms. The van der Waals surface area contributed by atoms with Crippen molar-refractivity contribution in [3.05, 3.63) is 65.2 Å². The molecule has 0 amide bonds. The minimum Gasteiger partial charge on any atom is -0.493 e. The number of esters is 1. The van der Waals surface area contributed by atoms with E-state index in [-0.39, 0.29) is 25.6 Å². The first-order valence-corrected chi connectivity index (χ1v) is 9.71. The summed E-state index contributed by atoms with van der Waals surface area (Å²) in [6.07, 6.45) is 0.149. The van der Waals surface area contributed by atoms with Crippen molar-refractivity contribution in [1.82, 2.24) is 4.98 Å². The molecule has 0 aliphatic carbocycles. The molecule has 1 heterocycles. The van der Waals surface area contributed by atoms with E-state index < -0.39 is 0 Å². The first kappa shape index (κ1) is 19.7. The first-order chi connectivity index (χ1) is 13.6. The maximum Gasteiger partial charge on any atom is 0.309 e. The zero-order valence-corrected chi connectivity index (χ0v) is 16.6. The lowest BCUT2D eigenvalue weighted by Crippen LogP contribution is -2.10. The first-order valence-electron chi connectivity index (χ1n) is 8.83. The molecule has 3 rings (SSSR count). The van der Waals surface area contributed by atoms with Crippen molar-refractivity contribution in [1.29, 1.82) is 0 Å². The molecule has 0 saturated heterocycles. The van der Waals surface area contributed by atoms with Gasteiger partial charge in [-0.05, 0) is 31.2 Å². The number of hydrogen-bond donors (Lipinski definition) is 1. The van der Waals surface area contributed by atoms with Gasteiger partial charge in [0, 0.05) is 11.1 Å². The Morgan fingerprint density at radius 1 is 1.11 bits per heavy atom. The van der Waals surface area contributed by atoms with Crippen LogP contribution in [0.3, 0.4) is 0 Å². The predicted molar refractivity (Wildman–Crippen MR) is 109 cm³/mol. The molecule has 0 unspecified atom stereocenters. The van der Waals surface area contributed by atoms with E-state index in [1.807, 2.05) is 48.7 Å². The fourth-order valence-corrected chi connectivity index (χ4v) is 3.12. The Kier molecular flexibility index (Phi) is 6.86. The third-order valence-corrected chi connectivity index (χ3v) is 4.67. The quantitative estimate of drug-likeness (QED) is 0.526. The molecular formula is C21H22N2O4S. The largest absolute Gasteiger partial charge is 0.493 e. The second-order valence-corrected chi connectivity index (χ2v) is 6.90. The Labute approximate surface area is 168 Å². The van der Waals surface area contributed by atoms with Gasteiger partial charge in [-0.3, -0.25) is 4.79 Å². The molecule has 3 aromatic rings. The number of aromatic nitrogens is 1. The number of nitrogens with zero attached hydrogens (tertiary/aromatic N) is 1. The van der Waals surface area contributed by atoms with Gasteiger partial charge in [-0.1, -0.05) is 29.8 Å². The number of rotatable bonds is 9. The number of methoxy groups -OCH3 is 1. The van der Waals surface area contributed by atoms with Crippen molar-refractivity contribution in [2.24, 2.45) is 0 Å². The van der Waals surface area contributed by atoms with Gasteiger partial charge < -0.3 is 19.5 Å². The standard InChI is InChI=1S/C21H22N2O4S/c1-15-7-9-16(10-8-15)22-21-23-17(14-28-21)13-27-20(24)11-12-26-19-6-4-3-5-18(19)25-2/h3-10,14H,11-13H2,1-2H3,(H,22,23). The normalized spacial score (nSPS) is 10.4. The van der Waals surface area contributed by atoms with Crippen molar-refractivity contribution < 1.29 is 19.0 Å². The average Bonchev–Trinajstić information content (AvgIpc) is 3.16. The molecule has 0 aliphatic rings. The molecule has 146 valence electrons. The summed E-state index contributed by atoms with van der Waals surface area (Å²) in [7, 11) is 1.58. The van der Waals surface area contributed by atoms with Gasteiger partial charge in [0.1, 0.15) is 6.61 Å². The van der Waals surface area contributed by atoms with Crippen LogP contribution in [0, 0.1) is 6.92 Å². The Bertz CT molecular complexity index is 909. The number of thiazole rings is 1. The van der Waals surface area contributed by atoms with E-state index in [2.05, 4.69) is 10.3 Å². The Morgan fingerprint density at radius 3 is 2.61 bits per heavy atom. The number of para-hydroxylation sites is 2. The Balaban J connectivity index is 1.41. The summed E-state index contributed by atoms with van der Waals surface area (Å²) < 4.78 is 16.1. The predicted octanol–water partition coefficient (Wildman–Crippen LogP) is 4.72. The number of hydrogen-bond acceptors (Lipinski definition) is 7.